The van der Waals surface area contributed by atoms with Crippen LogP contribution in [0, 0.1) is 5.92 Å². The van der Waals surface area contributed by atoms with E-state index in [1.807, 2.05) is 0 Å². The van der Waals surface area contributed by atoms with Gasteiger partial charge < -0.3 is 15.2 Å². The van der Waals surface area contributed by atoms with Crippen LogP contribution < -0.4 is 5.32 Å². The number of fused-ring (bicyclic) bond motifs is 1. The van der Waals surface area contributed by atoms with Crippen LogP contribution in [0.2, 0.25) is 0 Å². The first-order valence-electron chi connectivity index (χ1n) is 3.87. The lowest BCUT2D eigenvalue weighted by atomic mass is 9.95. The Morgan fingerprint density at radius 1 is 1.50 bits per heavy atom. The monoisotopic (exact) mass is 143 g/mol. The number of ether oxygens (including phenoxy) is 1. The van der Waals surface area contributed by atoms with Crippen LogP contribution in [0.5, 0.6) is 0 Å². The minimum Gasteiger partial charge on any atom is -0.391 e. The third kappa shape index (κ3) is 0.944. The van der Waals surface area contributed by atoms with E-state index in [0.29, 0.717) is 12.0 Å². The maximum Gasteiger partial charge on any atom is 0.0729 e. The molecule has 0 aliphatic carbocycles. The average molecular weight is 143 g/mol. The largest absolute Gasteiger partial charge is 0.391 e. The Morgan fingerprint density at radius 2 is 2.40 bits per heavy atom. The molecule has 0 bridgehead atoms. The Hall–Kier alpha value is -0.120. The van der Waals surface area contributed by atoms with E-state index in [1.165, 1.54) is 0 Å². The van der Waals surface area contributed by atoms with E-state index in [2.05, 4.69) is 5.32 Å². The minimum absolute atomic E-state index is 0.176. The highest BCUT2D eigenvalue weighted by Gasteiger charge is 2.36. The van der Waals surface area contributed by atoms with E-state index in [-0.39, 0.29) is 6.10 Å². The molecule has 3 atom stereocenters. The summed E-state index contributed by atoms with van der Waals surface area (Å²) < 4.78 is 5.25. The Labute approximate surface area is 60.4 Å². The molecule has 58 valence electrons. The number of nitrogens with one attached hydrogen (secondary N) is 1. The van der Waals surface area contributed by atoms with E-state index in [0.717, 1.165) is 26.2 Å². The molecule has 2 saturated heterocycles. The van der Waals surface area contributed by atoms with E-state index >= 15 is 0 Å². The zero-order valence-electron chi connectivity index (χ0n) is 5.92. The average Bonchev–Trinajstić information content (AvgIpc) is 2.34. The van der Waals surface area contributed by atoms with Gasteiger partial charge in [0.25, 0.3) is 0 Å². The molecule has 3 unspecified atom stereocenters. The first-order chi connectivity index (χ1) is 4.88. The summed E-state index contributed by atoms with van der Waals surface area (Å²) in [5.41, 5.74) is 0. The van der Waals surface area contributed by atoms with E-state index in [9.17, 15) is 5.11 Å². The zero-order valence-corrected chi connectivity index (χ0v) is 5.92. The lowest BCUT2D eigenvalue weighted by molar-refractivity contribution is 0.00607. The first-order valence-corrected chi connectivity index (χ1v) is 3.87. The molecule has 10 heavy (non-hydrogen) atoms. The molecular formula is C7H13NO2. The van der Waals surface area contributed by atoms with Crippen molar-refractivity contribution in [2.75, 3.05) is 19.8 Å². The first kappa shape index (κ1) is 6.58. The van der Waals surface area contributed by atoms with Gasteiger partial charge in [0.2, 0.25) is 0 Å². The normalized spacial score (nSPS) is 47.1. The van der Waals surface area contributed by atoms with Crippen molar-refractivity contribution in [1.29, 1.82) is 0 Å². The highest BCUT2D eigenvalue weighted by Crippen LogP contribution is 2.22. The Morgan fingerprint density at radius 3 is 3.20 bits per heavy atom. The van der Waals surface area contributed by atoms with E-state index in [4.69, 9.17) is 4.74 Å². The molecule has 2 aliphatic heterocycles. The van der Waals surface area contributed by atoms with Crippen molar-refractivity contribution in [2.45, 2.75) is 18.6 Å². The molecule has 2 fully saturated rings. The van der Waals surface area contributed by atoms with Gasteiger partial charge in [0.15, 0.2) is 0 Å². The second-order valence-corrected chi connectivity index (χ2v) is 3.11. The highest BCUT2D eigenvalue weighted by atomic mass is 16.5. The number of rotatable bonds is 0. The molecule has 0 radical (unpaired) electrons. The van der Waals surface area contributed by atoms with Gasteiger partial charge >= 0.3 is 0 Å². The summed E-state index contributed by atoms with van der Waals surface area (Å²) in [6.45, 7) is 2.33. The number of hydrogen-bond acceptors (Lipinski definition) is 3. The second kappa shape index (κ2) is 2.49. The summed E-state index contributed by atoms with van der Waals surface area (Å²) in [6.07, 6.45) is 0.882. The van der Waals surface area contributed by atoms with Gasteiger partial charge in [-0.1, -0.05) is 0 Å². The van der Waals surface area contributed by atoms with Crippen LogP contribution in [-0.4, -0.2) is 37.0 Å². The smallest absolute Gasteiger partial charge is 0.0729 e. The lowest BCUT2D eigenvalue weighted by Gasteiger charge is -2.26. The molecule has 0 amide bonds. The molecule has 0 spiro atoms. The van der Waals surface area contributed by atoms with E-state index < -0.39 is 0 Å². The molecule has 3 nitrogen and oxygen atoms in total. The predicted octanol–water partition coefficient (Wildman–Crippen LogP) is -0.644. The molecular weight excluding hydrogens is 130 g/mol. The van der Waals surface area contributed by atoms with Crippen molar-refractivity contribution in [3.05, 3.63) is 0 Å². The molecule has 2 rings (SSSR count). The van der Waals surface area contributed by atoms with Gasteiger partial charge in [-0.15, -0.1) is 0 Å². The van der Waals surface area contributed by atoms with Crippen LogP contribution in [0.25, 0.3) is 0 Å². The number of aliphatic hydroxyl groups excluding tert-OH is 1. The summed E-state index contributed by atoms with van der Waals surface area (Å²) in [7, 11) is 0. The lowest BCUT2D eigenvalue weighted by Crippen LogP contribution is -2.37. The van der Waals surface area contributed by atoms with Crippen molar-refractivity contribution < 1.29 is 9.84 Å². The quantitative estimate of drug-likeness (QED) is 0.474. The second-order valence-electron chi connectivity index (χ2n) is 3.11. The molecule has 0 saturated carbocycles. The number of β-amino-alcohol motifs (C(OH)–C–C–N with tert-alkyl or cyclic N) is 1. The summed E-state index contributed by atoms with van der Waals surface area (Å²) >= 11 is 0. The Bertz CT molecular complexity index is 127. The summed E-state index contributed by atoms with van der Waals surface area (Å²) in [5.74, 6) is 0.355. The maximum absolute atomic E-state index is 9.38. The van der Waals surface area contributed by atoms with Gasteiger partial charge in [-0.2, -0.15) is 0 Å². The van der Waals surface area contributed by atoms with Crippen molar-refractivity contribution in [3.63, 3.8) is 0 Å². The van der Waals surface area contributed by atoms with Crippen molar-refractivity contribution in [1.82, 2.24) is 5.32 Å². The fraction of sp³-hybridized carbons (Fsp3) is 1.00. The molecule has 2 heterocycles. The Kier molecular flexibility index (Phi) is 1.64. The van der Waals surface area contributed by atoms with Crippen LogP contribution in [0.15, 0.2) is 0 Å². The van der Waals surface area contributed by atoms with Crippen LogP contribution in [0.1, 0.15) is 6.42 Å². The summed E-state index contributed by atoms with van der Waals surface area (Å²) in [6, 6.07) is 0.517. The third-order valence-electron chi connectivity index (χ3n) is 2.48. The fourth-order valence-corrected chi connectivity index (χ4v) is 1.82. The molecule has 2 aliphatic rings. The zero-order chi connectivity index (χ0) is 6.97. The highest BCUT2D eigenvalue weighted by molar-refractivity contribution is 4.91. The fourth-order valence-electron chi connectivity index (χ4n) is 1.82. The van der Waals surface area contributed by atoms with Gasteiger partial charge in [0, 0.05) is 25.1 Å². The Balaban J connectivity index is 2.01. The molecule has 0 aromatic heterocycles. The van der Waals surface area contributed by atoms with Gasteiger partial charge in [0.05, 0.1) is 12.7 Å². The van der Waals surface area contributed by atoms with Crippen molar-refractivity contribution >= 4 is 0 Å². The molecule has 2 N–H and O–H groups in total. The SMILES string of the molecule is OC1CNC2CCOCC12. The standard InChI is InChI=1S/C7H13NO2/c9-7-3-8-6-1-2-10-4-5(6)7/h5-9H,1-4H2. The summed E-state index contributed by atoms with van der Waals surface area (Å²) in [4.78, 5) is 0. The molecule has 0 aromatic rings. The van der Waals surface area contributed by atoms with Crippen molar-refractivity contribution in [3.8, 4) is 0 Å². The van der Waals surface area contributed by atoms with Gasteiger partial charge in [-0.3, -0.25) is 0 Å². The third-order valence-corrected chi connectivity index (χ3v) is 2.48. The topological polar surface area (TPSA) is 41.5 Å². The van der Waals surface area contributed by atoms with Crippen LogP contribution in [-0.2, 0) is 4.74 Å². The van der Waals surface area contributed by atoms with Gasteiger partial charge in [-0.25, -0.2) is 0 Å². The van der Waals surface area contributed by atoms with Crippen LogP contribution in [0.4, 0.5) is 0 Å². The van der Waals surface area contributed by atoms with Gasteiger partial charge in [-0.05, 0) is 6.42 Å². The molecule has 3 heteroatoms. The minimum atomic E-state index is -0.176. The summed E-state index contributed by atoms with van der Waals surface area (Å²) in [5, 5.41) is 12.7. The predicted molar refractivity (Wildman–Crippen MR) is 36.7 cm³/mol. The number of hydrogen-bond donors (Lipinski definition) is 2. The molecule has 0 aromatic carbocycles. The van der Waals surface area contributed by atoms with Gasteiger partial charge in [0.1, 0.15) is 0 Å². The number of aliphatic hydroxyl groups is 1. The van der Waals surface area contributed by atoms with Crippen LogP contribution >= 0.6 is 0 Å². The van der Waals surface area contributed by atoms with Crippen LogP contribution in [0.3, 0.4) is 0 Å². The van der Waals surface area contributed by atoms with Crippen molar-refractivity contribution in [2.24, 2.45) is 5.92 Å². The van der Waals surface area contributed by atoms with E-state index in [1.54, 1.807) is 0 Å². The maximum atomic E-state index is 9.38.